The van der Waals surface area contributed by atoms with Crippen molar-refractivity contribution < 1.29 is 4.74 Å². The van der Waals surface area contributed by atoms with Gasteiger partial charge in [0.1, 0.15) is 5.75 Å². The minimum absolute atomic E-state index is 0.397. The van der Waals surface area contributed by atoms with Crippen LogP contribution in [0, 0.1) is 0 Å². The third kappa shape index (κ3) is 2.49. The summed E-state index contributed by atoms with van der Waals surface area (Å²) in [5.41, 5.74) is 3.56. The molecule has 19 heavy (non-hydrogen) atoms. The maximum atomic E-state index is 5.20. The average molecular weight is 257 g/mol. The van der Waals surface area contributed by atoms with E-state index in [9.17, 15) is 0 Å². The molecule has 1 unspecified atom stereocenters. The highest BCUT2D eigenvalue weighted by Crippen LogP contribution is 2.31. The predicted molar refractivity (Wildman–Crippen MR) is 75.2 cm³/mol. The van der Waals surface area contributed by atoms with Crippen molar-refractivity contribution in [2.45, 2.75) is 25.3 Å². The van der Waals surface area contributed by atoms with E-state index < -0.39 is 0 Å². The molecule has 1 fully saturated rings. The molecule has 0 amide bonds. The van der Waals surface area contributed by atoms with E-state index in [1.54, 1.807) is 7.11 Å². The van der Waals surface area contributed by atoms with Gasteiger partial charge in [0.15, 0.2) is 0 Å². The second-order valence-electron chi connectivity index (χ2n) is 4.93. The van der Waals surface area contributed by atoms with Crippen LogP contribution in [0.15, 0.2) is 30.5 Å². The predicted octanol–water partition coefficient (Wildman–Crippen LogP) is 2.90. The number of H-pyrrole nitrogens is 1. The van der Waals surface area contributed by atoms with Crippen molar-refractivity contribution >= 4 is 0 Å². The van der Waals surface area contributed by atoms with Crippen molar-refractivity contribution in [1.29, 1.82) is 0 Å². The highest BCUT2D eigenvalue weighted by molar-refractivity contribution is 5.66. The summed E-state index contributed by atoms with van der Waals surface area (Å²) < 4.78 is 5.20. The second-order valence-corrected chi connectivity index (χ2v) is 4.93. The molecule has 1 atom stereocenters. The van der Waals surface area contributed by atoms with Crippen LogP contribution in [0.3, 0.4) is 0 Å². The van der Waals surface area contributed by atoms with Gasteiger partial charge in [-0.15, -0.1) is 0 Å². The van der Waals surface area contributed by atoms with E-state index in [-0.39, 0.29) is 0 Å². The molecule has 2 heterocycles. The lowest BCUT2D eigenvalue weighted by Gasteiger charge is -2.23. The molecule has 0 radical (unpaired) electrons. The minimum atomic E-state index is 0.397. The summed E-state index contributed by atoms with van der Waals surface area (Å²) in [6.07, 6.45) is 5.63. The minimum Gasteiger partial charge on any atom is -0.497 e. The van der Waals surface area contributed by atoms with E-state index in [4.69, 9.17) is 4.74 Å². The van der Waals surface area contributed by atoms with Crippen LogP contribution in [0.4, 0.5) is 0 Å². The first-order chi connectivity index (χ1) is 9.38. The smallest absolute Gasteiger partial charge is 0.118 e. The molecule has 3 rings (SSSR count). The number of methoxy groups -OCH3 is 1. The lowest BCUT2D eigenvalue weighted by Crippen LogP contribution is -2.27. The van der Waals surface area contributed by atoms with Gasteiger partial charge < -0.3 is 10.1 Å². The Labute approximate surface area is 113 Å². The van der Waals surface area contributed by atoms with Gasteiger partial charge in [0, 0.05) is 11.6 Å². The van der Waals surface area contributed by atoms with Crippen molar-refractivity contribution in [2.75, 3.05) is 13.7 Å². The summed E-state index contributed by atoms with van der Waals surface area (Å²) in [5.74, 6) is 0.879. The van der Waals surface area contributed by atoms with Crippen LogP contribution in [0.25, 0.3) is 11.1 Å². The SMILES string of the molecule is COc1ccc(-c2cn[nH]c2C2CCCCN2)cc1. The highest BCUT2D eigenvalue weighted by Gasteiger charge is 2.20. The Morgan fingerprint density at radius 2 is 2.05 bits per heavy atom. The molecule has 100 valence electrons. The van der Waals surface area contributed by atoms with Crippen molar-refractivity contribution in [3.8, 4) is 16.9 Å². The molecule has 0 spiro atoms. The number of piperidine rings is 1. The van der Waals surface area contributed by atoms with Crippen molar-refractivity contribution in [1.82, 2.24) is 15.5 Å². The Morgan fingerprint density at radius 3 is 2.74 bits per heavy atom. The summed E-state index contributed by atoms with van der Waals surface area (Å²) >= 11 is 0. The number of benzene rings is 1. The number of aromatic amines is 1. The van der Waals surface area contributed by atoms with Crippen LogP contribution in [0.1, 0.15) is 31.0 Å². The van der Waals surface area contributed by atoms with Gasteiger partial charge in [0.05, 0.1) is 19.0 Å². The average Bonchev–Trinajstić information content (AvgIpc) is 2.98. The van der Waals surface area contributed by atoms with E-state index >= 15 is 0 Å². The van der Waals surface area contributed by atoms with Gasteiger partial charge in [0.25, 0.3) is 0 Å². The van der Waals surface area contributed by atoms with Gasteiger partial charge in [0.2, 0.25) is 0 Å². The van der Waals surface area contributed by atoms with E-state index in [1.807, 2.05) is 18.3 Å². The van der Waals surface area contributed by atoms with Gasteiger partial charge in [-0.3, -0.25) is 5.10 Å². The van der Waals surface area contributed by atoms with E-state index in [0.717, 1.165) is 12.3 Å². The summed E-state index contributed by atoms with van der Waals surface area (Å²) in [4.78, 5) is 0. The van der Waals surface area contributed by atoms with Crippen molar-refractivity contribution in [3.63, 3.8) is 0 Å². The maximum absolute atomic E-state index is 5.20. The highest BCUT2D eigenvalue weighted by atomic mass is 16.5. The number of hydrogen-bond donors (Lipinski definition) is 2. The quantitative estimate of drug-likeness (QED) is 0.889. The lowest BCUT2D eigenvalue weighted by molar-refractivity contribution is 0.405. The molecule has 1 aromatic carbocycles. The Bertz CT molecular complexity index is 527. The van der Waals surface area contributed by atoms with Gasteiger partial charge >= 0.3 is 0 Å². The van der Waals surface area contributed by atoms with Crippen LogP contribution in [0.5, 0.6) is 5.75 Å². The monoisotopic (exact) mass is 257 g/mol. The topological polar surface area (TPSA) is 49.9 Å². The Morgan fingerprint density at radius 1 is 1.21 bits per heavy atom. The zero-order valence-corrected chi connectivity index (χ0v) is 11.1. The first-order valence-corrected chi connectivity index (χ1v) is 6.79. The third-order valence-corrected chi connectivity index (χ3v) is 3.73. The maximum Gasteiger partial charge on any atom is 0.118 e. The molecule has 1 aliphatic heterocycles. The molecule has 1 aliphatic rings. The van der Waals surface area contributed by atoms with Crippen LogP contribution in [0.2, 0.25) is 0 Å². The summed E-state index contributed by atoms with van der Waals surface area (Å²) in [6, 6.07) is 8.53. The summed E-state index contributed by atoms with van der Waals surface area (Å²) in [5, 5.41) is 10.9. The molecule has 0 bridgehead atoms. The van der Waals surface area contributed by atoms with Crippen LogP contribution < -0.4 is 10.1 Å². The summed E-state index contributed by atoms with van der Waals surface area (Å²) in [6.45, 7) is 1.09. The molecule has 2 aromatic rings. The fraction of sp³-hybridized carbons (Fsp3) is 0.400. The van der Waals surface area contributed by atoms with Crippen LogP contribution >= 0.6 is 0 Å². The second kappa shape index (κ2) is 5.45. The van der Waals surface area contributed by atoms with E-state index in [1.165, 1.54) is 36.1 Å². The zero-order chi connectivity index (χ0) is 13.1. The van der Waals surface area contributed by atoms with Gasteiger partial charge in [-0.25, -0.2) is 0 Å². The number of aromatic nitrogens is 2. The fourth-order valence-corrected chi connectivity index (χ4v) is 2.66. The molecule has 0 aliphatic carbocycles. The standard InChI is InChI=1S/C15H19N3O/c1-19-12-7-5-11(6-8-12)13-10-17-18-15(13)14-4-2-3-9-16-14/h5-8,10,14,16H,2-4,9H2,1H3,(H,17,18). The largest absolute Gasteiger partial charge is 0.497 e. The van der Waals surface area contributed by atoms with Crippen molar-refractivity contribution in [3.05, 3.63) is 36.2 Å². The first kappa shape index (κ1) is 12.2. The van der Waals surface area contributed by atoms with E-state index in [0.29, 0.717) is 6.04 Å². The lowest BCUT2D eigenvalue weighted by atomic mass is 9.96. The normalized spacial score (nSPS) is 19.3. The number of ether oxygens (including phenoxy) is 1. The zero-order valence-electron chi connectivity index (χ0n) is 11.1. The van der Waals surface area contributed by atoms with Gasteiger partial charge in [-0.1, -0.05) is 18.6 Å². The number of nitrogens with zero attached hydrogens (tertiary/aromatic N) is 1. The number of rotatable bonds is 3. The Hall–Kier alpha value is -1.81. The molecule has 1 saturated heterocycles. The molecule has 4 heteroatoms. The number of nitrogens with one attached hydrogen (secondary N) is 2. The first-order valence-electron chi connectivity index (χ1n) is 6.79. The summed E-state index contributed by atoms with van der Waals surface area (Å²) in [7, 11) is 1.68. The van der Waals surface area contributed by atoms with Crippen molar-refractivity contribution in [2.24, 2.45) is 0 Å². The Balaban J connectivity index is 1.89. The number of hydrogen-bond acceptors (Lipinski definition) is 3. The fourth-order valence-electron chi connectivity index (χ4n) is 2.66. The molecule has 1 aromatic heterocycles. The molecule has 2 N–H and O–H groups in total. The van der Waals surface area contributed by atoms with E-state index in [2.05, 4.69) is 27.6 Å². The van der Waals surface area contributed by atoms with Crippen LogP contribution in [-0.4, -0.2) is 23.9 Å². The molecular weight excluding hydrogens is 238 g/mol. The molecule has 0 saturated carbocycles. The molecule has 4 nitrogen and oxygen atoms in total. The molecular formula is C15H19N3O. The third-order valence-electron chi connectivity index (χ3n) is 3.73. The Kier molecular flexibility index (Phi) is 3.51. The van der Waals surface area contributed by atoms with Gasteiger partial charge in [-0.05, 0) is 37.1 Å². The van der Waals surface area contributed by atoms with Gasteiger partial charge in [-0.2, -0.15) is 5.10 Å². The van der Waals surface area contributed by atoms with Crippen LogP contribution in [-0.2, 0) is 0 Å².